The molecule has 0 radical (unpaired) electrons. The minimum absolute atomic E-state index is 0.247. The smallest absolute Gasteiger partial charge is 0.200 e. The summed E-state index contributed by atoms with van der Waals surface area (Å²) in [5, 5.41) is 7.23. The molecular weight excluding hydrogens is 377 g/mol. The highest BCUT2D eigenvalue weighted by Crippen LogP contribution is 2.33. The lowest BCUT2D eigenvalue weighted by Crippen LogP contribution is -2.00. The predicted octanol–water partition coefficient (Wildman–Crippen LogP) is 5.15. The van der Waals surface area contributed by atoms with Crippen LogP contribution in [0.3, 0.4) is 0 Å². The van der Waals surface area contributed by atoms with E-state index in [2.05, 4.69) is 26.1 Å². The normalized spacial score (nSPS) is 10.8. The number of rotatable bonds is 2. The third-order valence-corrected chi connectivity index (χ3v) is 4.08. The lowest BCUT2D eigenvalue weighted by Gasteiger charge is -2.11. The highest BCUT2D eigenvalue weighted by Gasteiger charge is 2.16. The Morgan fingerprint density at radius 1 is 1.24 bits per heavy atom. The van der Waals surface area contributed by atoms with Crippen LogP contribution in [0.2, 0.25) is 5.02 Å². The molecule has 0 saturated heterocycles. The number of halogens is 3. The molecule has 1 aromatic heterocycles. The first kappa shape index (κ1) is 14.4. The topological polar surface area (TPSA) is 33.6 Å². The van der Waals surface area contributed by atoms with E-state index in [1.807, 2.05) is 30.3 Å². The molecule has 0 saturated carbocycles. The van der Waals surface area contributed by atoms with Gasteiger partial charge in [-0.05, 0) is 40.3 Å². The first-order valence-electron chi connectivity index (χ1n) is 5.95. The number of hydrogen-bond acceptors (Lipinski definition) is 2. The summed E-state index contributed by atoms with van der Waals surface area (Å²) in [6.07, 6.45) is 0. The Labute approximate surface area is 138 Å². The van der Waals surface area contributed by atoms with E-state index in [0.717, 1.165) is 5.56 Å². The quantitative estimate of drug-likeness (QED) is 0.620. The molecule has 0 aliphatic rings. The van der Waals surface area contributed by atoms with Crippen molar-refractivity contribution in [1.82, 2.24) is 14.8 Å². The summed E-state index contributed by atoms with van der Waals surface area (Å²) in [6, 6.07) is 12.1. The van der Waals surface area contributed by atoms with Crippen molar-refractivity contribution in [1.29, 1.82) is 0 Å². The van der Waals surface area contributed by atoms with Gasteiger partial charge in [-0.25, -0.2) is 4.39 Å². The molecule has 1 N–H and O–H groups in total. The number of nitrogens with one attached hydrogen (secondary N) is 1. The van der Waals surface area contributed by atoms with Gasteiger partial charge in [0.15, 0.2) is 10.6 Å². The number of hydrogen-bond donors (Lipinski definition) is 1. The van der Waals surface area contributed by atoms with Crippen LogP contribution < -0.4 is 0 Å². The number of H-pyrrole nitrogens is 1. The molecule has 0 amide bonds. The van der Waals surface area contributed by atoms with Gasteiger partial charge >= 0.3 is 0 Å². The molecule has 21 heavy (non-hydrogen) atoms. The van der Waals surface area contributed by atoms with E-state index in [9.17, 15) is 4.39 Å². The second-order valence-electron chi connectivity index (χ2n) is 4.27. The van der Waals surface area contributed by atoms with Crippen LogP contribution in [0.25, 0.3) is 17.1 Å². The maximum absolute atomic E-state index is 13.4. The number of nitrogens with zero attached hydrogens (tertiary/aromatic N) is 2. The van der Waals surface area contributed by atoms with Crippen molar-refractivity contribution < 1.29 is 4.39 Å². The zero-order valence-electron chi connectivity index (χ0n) is 10.5. The third kappa shape index (κ3) is 2.66. The van der Waals surface area contributed by atoms with Crippen molar-refractivity contribution >= 4 is 39.7 Å². The molecule has 1 heterocycles. The molecule has 0 fully saturated rings. The van der Waals surface area contributed by atoms with E-state index in [-0.39, 0.29) is 5.02 Å². The number of aromatic amines is 1. The molecule has 0 unspecified atom stereocenters. The molecule has 3 aromatic rings. The summed E-state index contributed by atoms with van der Waals surface area (Å²) in [5.41, 5.74) is 1.42. The summed E-state index contributed by atoms with van der Waals surface area (Å²) in [7, 11) is 0. The summed E-state index contributed by atoms with van der Waals surface area (Å²) >= 11 is 14.8. The maximum Gasteiger partial charge on any atom is 0.200 e. The zero-order chi connectivity index (χ0) is 15.0. The predicted molar refractivity (Wildman–Crippen MR) is 86.9 cm³/mol. The summed E-state index contributed by atoms with van der Waals surface area (Å²) < 4.78 is 16.0. The van der Waals surface area contributed by atoms with E-state index in [1.54, 1.807) is 4.57 Å². The molecule has 3 nitrogen and oxygen atoms in total. The largest absolute Gasteiger partial charge is 0.265 e. The van der Waals surface area contributed by atoms with Crippen molar-refractivity contribution in [3.8, 4) is 17.1 Å². The molecule has 0 spiro atoms. The third-order valence-electron chi connectivity index (χ3n) is 2.91. The van der Waals surface area contributed by atoms with Gasteiger partial charge in [-0.3, -0.25) is 9.67 Å². The molecule has 0 atom stereocenters. The molecule has 7 heteroatoms. The second kappa shape index (κ2) is 5.71. The Hall–Kier alpha value is -1.50. The molecule has 0 aliphatic heterocycles. The highest BCUT2D eigenvalue weighted by atomic mass is 79.9. The van der Waals surface area contributed by atoms with Crippen molar-refractivity contribution in [2.45, 2.75) is 0 Å². The van der Waals surface area contributed by atoms with Crippen LogP contribution in [0.1, 0.15) is 0 Å². The molecular formula is C14H8BrClFN3S. The van der Waals surface area contributed by atoms with E-state index in [4.69, 9.17) is 23.8 Å². The van der Waals surface area contributed by atoms with Crippen LogP contribution in [-0.4, -0.2) is 14.8 Å². The van der Waals surface area contributed by atoms with Crippen LogP contribution in [0, 0.1) is 10.6 Å². The van der Waals surface area contributed by atoms with Gasteiger partial charge in [0.25, 0.3) is 0 Å². The summed E-state index contributed by atoms with van der Waals surface area (Å²) in [4.78, 5) is 0. The summed E-state index contributed by atoms with van der Waals surface area (Å²) in [5.74, 6) is 0.182. The monoisotopic (exact) mass is 383 g/mol. The first-order chi connectivity index (χ1) is 10.1. The van der Waals surface area contributed by atoms with Gasteiger partial charge in [0.05, 0.1) is 10.7 Å². The van der Waals surface area contributed by atoms with Crippen LogP contribution in [0.5, 0.6) is 0 Å². The van der Waals surface area contributed by atoms with Gasteiger partial charge in [0, 0.05) is 10.0 Å². The van der Waals surface area contributed by atoms with Crippen LogP contribution >= 0.6 is 39.7 Å². The number of aromatic nitrogens is 3. The molecule has 106 valence electrons. The average molecular weight is 385 g/mol. The van der Waals surface area contributed by atoms with E-state index in [1.165, 1.54) is 12.1 Å². The van der Waals surface area contributed by atoms with Crippen molar-refractivity contribution in [2.24, 2.45) is 0 Å². The van der Waals surface area contributed by atoms with Crippen LogP contribution in [-0.2, 0) is 0 Å². The van der Waals surface area contributed by atoms with Crippen molar-refractivity contribution in [3.05, 3.63) is 62.5 Å². The first-order valence-corrected chi connectivity index (χ1v) is 7.53. The van der Waals surface area contributed by atoms with Gasteiger partial charge in [-0.1, -0.05) is 41.9 Å². The van der Waals surface area contributed by atoms with Crippen LogP contribution in [0.15, 0.2) is 46.9 Å². The van der Waals surface area contributed by atoms with E-state index < -0.39 is 5.82 Å². The Bertz CT molecular complexity index is 837. The van der Waals surface area contributed by atoms with E-state index in [0.29, 0.717) is 20.8 Å². The number of benzene rings is 2. The Kier molecular flexibility index (Phi) is 3.93. The van der Waals surface area contributed by atoms with Crippen LogP contribution in [0.4, 0.5) is 4.39 Å². The lowest BCUT2D eigenvalue weighted by molar-refractivity contribution is 0.626. The standard InChI is InChI=1S/C14H8BrClFN3S/c15-10-6-9(17)7-11(16)12(10)20-13(18-19-14(20)21)8-4-2-1-3-5-8/h1-7H,(H,19,21). The fourth-order valence-electron chi connectivity index (χ4n) is 2.03. The minimum Gasteiger partial charge on any atom is -0.265 e. The fourth-order valence-corrected chi connectivity index (χ4v) is 3.27. The van der Waals surface area contributed by atoms with Gasteiger partial charge in [0.1, 0.15) is 5.82 Å². The highest BCUT2D eigenvalue weighted by molar-refractivity contribution is 9.10. The lowest BCUT2D eigenvalue weighted by atomic mass is 10.2. The Morgan fingerprint density at radius 3 is 2.62 bits per heavy atom. The maximum atomic E-state index is 13.4. The minimum atomic E-state index is -0.424. The molecule has 0 aliphatic carbocycles. The van der Waals surface area contributed by atoms with E-state index >= 15 is 0 Å². The van der Waals surface area contributed by atoms with Crippen molar-refractivity contribution in [2.75, 3.05) is 0 Å². The van der Waals surface area contributed by atoms with Gasteiger partial charge in [0.2, 0.25) is 0 Å². The van der Waals surface area contributed by atoms with Gasteiger partial charge < -0.3 is 0 Å². The average Bonchev–Trinajstić information content (AvgIpc) is 2.81. The van der Waals surface area contributed by atoms with Gasteiger partial charge in [-0.2, -0.15) is 5.10 Å². The zero-order valence-corrected chi connectivity index (χ0v) is 13.6. The van der Waals surface area contributed by atoms with Crippen molar-refractivity contribution in [3.63, 3.8) is 0 Å². The molecule has 0 bridgehead atoms. The Morgan fingerprint density at radius 2 is 1.95 bits per heavy atom. The second-order valence-corrected chi connectivity index (χ2v) is 5.92. The fraction of sp³-hybridized carbons (Fsp3) is 0. The SMILES string of the molecule is Fc1cc(Cl)c(-n2c(-c3ccccc3)n[nH]c2=S)c(Br)c1. The molecule has 3 rings (SSSR count). The van der Waals surface area contributed by atoms with Gasteiger partial charge in [-0.15, -0.1) is 0 Å². The molecule has 2 aromatic carbocycles. The Balaban J connectivity index is 2.30. The summed E-state index contributed by atoms with van der Waals surface area (Å²) in [6.45, 7) is 0.